The first-order valence-electron chi connectivity index (χ1n) is 7.54. The Hall–Kier alpha value is -0.830. The number of aromatic amines is 1. The number of hydrogen-bond donors (Lipinski definition) is 2. The molecule has 1 heterocycles. The van der Waals surface area contributed by atoms with Crippen molar-refractivity contribution in [2.45, 2.75) is 44.6 Å². The van der Waals surface area contributed by atoms with Gasteiger partial charge in [-0.3, -0.25) is 0 Å². The monoisotopic (exact) mass is 245 g/mol. The molecule has 98 valence electrons. The number of H-pyrrole nitrogens is 1. The molecular weight excluding hydrogens is 222 g/mol. The highest BCUT2D eigenvalue weighted by Gasteiger charge is 2.48. The Morgan fingerprint density at radius 2 is 1.83 bits per heavy atom. The maximum Gasteiger partial charge on any atom is 0.123 e. The third-order valence-corrected chi connectivity index (χ3v) is 5.82. The minimum absolute atomic E-state index is 0.113. The van der Waals surface area contributed by atoms with Gasteiger partial charge in [0.25, 0.3) is 0 Å². The van der Waals surface area contributed by atoms with Gasteiger partial charge in [-0.05, 0) is 68.1 Å². The molecule has 5 rings (SSSR count). The summed E-state index contributed by atoms with van der Waals surface area (Å²) in [6.45, 7) is 0. The molecule has 0 saturated heterocycles. The van der Waals surface area contributed by atoms with Gasteiger partial charge in [-0.2, -0.15) is 0 Å². The summed E-state index contributed by atoms with van der Waals surface area (Å²) in [5.41, 5.74) is 6.33. The third kappa shape index (κ3) is 1.71. The maximum absolute atomic E-state index is 6.33. The van der Waals surface area contributed by atoms with Crippen molar-refractivity contribution in [2.75, 3.05) is 0 Å². The Labute approximate surface area is 109 Å². The van der Waals surface area contributed by atoms with Crippen LogP contribution < -0.4 is 5.73 Å². The molecule has 3 nitrogen and oxygen atoms in total. The zero-order chi connectivity index (χ0) is 12.1. The second-order valence-electron chi connectivity index (χ2n) is 6.91. The molecular formula is C15H23N3. The van der Waals surface area contributed by atoms with Gasteiger partial charge in [-0.1, -0.05) is 0 Å². The van der Waals surface area contributed by atoms with E-state index in [1.807, 2.05) is 12.4 Å². The molecule has 1 aromatic rings. The van der Waals surface area contributed by atoms with Crippen LogP contribution in [-0.2, 0) is 0 Å². The Morgan fingerprint density at radius 1 is 1.17 bits per heavy atom. The lowest BCUT2D eigenvalue weighted by molar-refractivity contribution is -0.0423. The lowest BCUT2D eigenvalue weighted by Crippen LogP contribution is -2.45. The lowest BCUT2D eigenvalue weighted by Gasteiger charge is -2.55. The van der Waals surface area contributed by atoms with E-state index in [2.05, 4.69) is 9.97 Å². The molecule has 4 bridgehead atoms. The van der Waals surface area contributed by atoms with E-state index in [4.69, 9.17) is 5.73 Å². The quantitative estimate of drug-likeness (QED) is 0.860. The molecule has 0 aliphatic heterocycles. The predicted octanol–water partition coefficient (Wildman–Crippen LogP) is 2.87. The highest BCUT2D eigenvalue weighted by Crippen LogP contribution is 2.57. The second-order valence-corrected chi connectivity index (χ2v) is 6.91. The molecule has 18 heavy (non-hydrogen) atoms. The molecule has 4 aliphatic rings. The maximum atomic E-state index is 6.33. The van der Waals surface area contributed by atoms with Gasteiger partial charge in [0.2, 0.25) is 0 Å². The van der Waals surface area contributed by atoms with E-state index in [1.165, 1.54) is 32.1 Å². The fourth-order valence-corrected chi connectivity index (χ4v) is 5.31. The smallest absolute Gasteiger partial charge is 0.123 e. The summed E-state index contributed by atoms with van der Waals surface area (Å²) in [5, 5.41) is 0. The number of hydrogen-bond acceptors (Lipinski definition) is 2. The van der Waals surface area contributed by atoms with Gasteiger partial charge < -0.3 is 10.7 Å². The SMILES string of the molecule is NC(CC1C2CC3CC(C2)CC1C3)c1ncc[nH]1. The van der Waals surface area contributed by atoms with Crippen molar-refractivity contribution in [3.63, 3.8) is 0 Å². The van der Waals surface area contributed by atoms with Crippen LogP contribution in [0.15, 0.2) is 12.4 Å². The molecule has 4 fully saturated rings. The van der Waals surface area contributed by atoms with E-state index in [1.54, 1.807) is 0 Å². The summed E-state index contributed by atoms with van der Waals surface area (Å²) < 4.78 is 0. The molecule has 4 saturated carbocycles. The predicted molar refractivity (Wildman–Crippen MR) is 70.7 cm³/mol. The van der Waals surface area contributed by atoms with Crippen molar-refractivity contribution in [2.24, 2.45) is 35.3 Å². The molecule has 3 heteroatoms. The average molecular weight is 245 g/mol. The summed E-state index contributed by atoms with van der Waals surface area (Å²) in [7, 11) is 0. The van der Waals surface area contributed by atoms with Gasteiger partial charge >= 0.3 is 0 Å². The van der Waals surface area contributed by atoms with Crippen molar-refractivity contribution in [1.29, 1.82) is 0 Å². The standard InChI is InChI=1S/C15H23N3/c16-14(15-17-1-2-18-15)8-13-11-4-9-3-10(6-11)7-12(13)5-9/h1-2,9-14H,3-8,16H2,(H,17,18). The fraction of sp³-hybridized carbons (Fsp3) is 0.800. The lowest BCUT2D eigenvalue weighted by atomic mass is 9.51. The first-order valence-corrected chi connectivity index (χ1v) is 7.54. The van der Waals surface area contributed by atoms with E-state index in [9.17, 15) is 0 Å². The van der Waals surface area contributed by atoms with Gasteiger partial charge in [0, 0.05) is 12.4 Å². The number of aromatic nitrogens is 2. The minimum Gasteiger partial charge on any atom is -0.347 e. The summed E-state index contributed by atoms with van der Waals surface area (Å²) >= 11 is 0. The van der Waals surface area contributed by atoms with Crippen LogP contribution in [0.2, 0.25) is 0 Å². The van der Waals surface area contributed by atoms with E-state index in [0.29, 0.717) is 0 Å². The number of nitrogens with zero attached hydrogens (tertiary/aromatic N) is 1. The van der Waals surface area contributed by atoms with Gasteiger partial charge in [0.1, 0.15) is 5.82 Å². The van der Waals surface area contributed by atoms with E-state index >= 15 is 0 Å². The second kappa shape index (κ2) is 4.09. The molecule has 1 aromatic heterocycles. The van der Waals surface area contributed by atoms with Crippen LogP contribution in [-0.4, -0.2) is 9.97 Å². The number of rotatable bonds is 3. The van der Waals surface area contributed by atoms with Crippen LogP contribution in [0.1, 0.15) is 50.4 Å². The van der Waals surface area contributed by atoms with Crippen LogP contribution in [0.25, 0.3) is 0 Å². The summed E-state index contributed by atoms with van der Waals surface area (Å²) in [5.74, 6) is 5.92. The molecule has 4 aliphatic carbocycles. The fourth-order valence-electron chi connectivity index (χ4n) is 5.31. The normalized spacial score (nSPS) is 43.3. The van der Waals surface area contributed by atoms with Gasteiger partial charge in [-0.15, -0.1) is 0 Å². The highest BCUT2D eigenvalue weighted by atomic mass is 14.9. The van der Waals surface area contributed by atoms with Crippen molar-refractivity contribution >= 4 is 0 Å². The Kier molecular flexibility index (Phi) is 2.51. The number of nitrogens with one attached hydrogen (secondary N) is 1. The zero-order valence-electron chi connectivity index (χ0n) is 10.9. The first kappa shape index (κ1) is 11.0. The molecule has 3 N–H and O–H groups in total. The van der Waals surface area contributed by atoms with Crippen LogP contribution in [0.4, 0.5) is 0 Å². The van der Waals surface area contributed by atoms with E-state index in [0.717, 1.165) is 41.8 Å². The van der Waals surface area contributed by atoms with E-state index < -0.39 is 0 Å². The van der Waals surface area contributed by atoms with Gasteiger partial charge in [-0.25, -0.2) is 4.98 Å². The largest absolute Gasteiger partial charge is 0.347 e. The summed E-state index contributed by atoms with van der Waals surface area (Å²) in [4.78, 5) is 7.49. The molecule has 0 radical (unpaired) electrons. The first-order chi connectivity index (χ1) is 8.79. The zero-order valence-corrected chi connectivity index (χ0v) is 10.9. The number of imidazole rings is 1. The van der Waals surface area contributed by atoms with Crippen LogP contribution in [0.3, 0.4) is 0 Å². The summed E-state index contributed by atoms with van der Waals surface area (Å²) in [6, 6.07) is 0.113. The molecule has 0 spiro atoms. The van der Waals surface area contributed by atoms with Crippen molar-refractivity contribution < 1.29 is 0 Å². The van der Waals surface area contributed by atoms with Crippen molar-refractivity contribution in [3.05, 3.63) is 18.2 Å². The Bertz CT molecular complexity index is 383. The van der Waals surface area contributed by atoms with Crippen LogP contribution in [0.5, 0.6) is 0 Å². The van der Waals surface area contributed by atoms with E-state index in [-0.39, 0.29) is 6.04 Å². The van der Waals surface area contributed by atoms with Gasteiger partial charge in [0.05, 0.1) is 6.04 Å². The highest BCUT2D eigenvalue weighted by molar-refractivity contribution is 5.01. The molecule has 0 aromatic carbocycles. The molecule has 1 atom stereocenters. The van der Waals surface area contributed by atoms with Gasteiger partial charge in [0.15, 0.2) is 0 Å². The van der Waals surface area contributed by atoms with Crippen molar-refractivity contribution in [3.8, 4) is 0 Å². The minimum atomic E-state index is 0.113. The van der Waals surface area contributed by atoms with Crippen molar-refractivity contribution in [1.82, 2.24) is 9.97 Å². The van der Waals surface area contributed by atoms with Crippen LogP contribution in [0, 0.1) is 29.6 Å². The molecule has 0 amide bonds. The van der Waals surface area contributed by atoms with Crippen LogP contribution >= 0.6 is 0 Å². The Morgan fingerprint density at radius 3 is 2.39 bits per heavy atom. The Balaban J connectivity index is 1.49. The molecule has 1 unspecified atom stereocenters. The summed E-state index contributed by atoms with van der Waals surface area (Å²) in [6.07, 6.45) is 12.3. The topological polar surface area (TPSA) is 54.7 Å². The number of nitrogens with two attached hydrogens (primary N) is 1. The third-order valence-electron chi connectivity index (χ3n) is 5.82. The average Bonchev–Trinajstić information content (AvgIpc) is 2.86.